The number of carbonyl (C=O) groups is 3. The number of hydrogen-bond donors (Lipinski definition) is 2. The van der Waals surface area contributed by atoms with Crippen LogP contribution in [0.15, 0.2) is 24.3 Å². The number of benzene rings is 1. The second kappa shape index (κ2) is 8.02. The van der Waals surface area contributed by atoms with Gasteiger partial charge in [-0.15, -0.1) is 0 Å². The molecule has 2 saturated heterocycles. The summed E-state index contributed by atoms with van der Waals surface area (Å²) in [4.78, 5) is 41.0. The van der Waals surface area contributed by atoms with Crippen LogP contribution in [0.3, 0.4) is 0 Å². The molecule has 3 fully saturated rings. The predicted molar refractivity (Wildman–Crippen MR) is 113 cm³/mol. The number of aliphatic hydroxyl groups is 1. The van der Waals surface area contributed by atoms with Crippen molar-refractivity contribution in [1.82, 2.24) is 10.2 Å². The summed E-state index contributed by atoms with van der Waals surface area (Å²) in [6.45, 7) is 5.20. The Kier molecular flexibility index (Phi) is 5.57. The molecule has 2 aliphatic heterocycles. The van der Waals surface area contributed by atoms with Gasteiger partial charge in [0.1, 0.15) is 6.04 Å². The monoisotopic (exact) mass is 413 g/mol. The van der Waals surface area contributed by atoms with Gasteiger partial charge < -0.3 is 15.3 Å². The molecule has 4 amide bonds. The van der Waals surface area contributed by atoms with Crippen LogP contribution in [0.2, 0.25) is 0 Å². The van der Waals surface area contributed by atoms with Crippen LogP contribution in [0, 0.1) is 5.92 Å². The smallest absolute Gasteiger partial charge is 0.329 e. The Bertz CT molecular complexity index is 837. The van der Waals surface area contributed by atoms with Crippen LogP contribution in [0.1, 0.15) is 63.9 Å². The molecule has 0 radical (unpaired) electrons. The third-order valence-electron chi connectivity index (χ3n) is 7.00. The van der Waals surface area contributed by atoms with Gasteiger partial charge in [0.2, 0.25) is 5.91 Å². The van der Waals surface area contributed by atoms with Crippen LogP contribution in [0.25, 0.3) is 0 Å². The van der Waals surface area contributed by atoms with Crippen molar-refractivity contribution in [3.8, 4) is 0 Å². The predicted octanol–water partition coefficient (Wildman–Crippen LogP) is 2.78. The van der Waals surface area contributed by atoms with Gasteiger partial charge in [0.05, 0.1) is 17.7 Å². The molecular weight excluding hydrogens is 382 g/mol. The van der Waals surface area contributed by atoms with Crippen LogP contribution in [0.5, 0.6) is 0 Å². The molecule has 2 N–H and O–H groups in total. The molecule has 1 aromatic carbocycles. The van der Waals surface area contributed by atoms with Crippen LogP contribution >= 0.6 is 0 Å². The zero-order valence-corrected chi connectivity index (χ0v) is 17.8. The zero-order chi connectivity index (χ0) is 21.5. The highest BCUT2D eigenvalue weighted by Gasteiger charge is 2.45. The molecule has 1 aromatic rings. The lowest BCUT2D eigenvalue weighted by Crippen LogP contribution is -2.55. The fraction of sp³-hybridized carbons (Fsp3) is 0.609. The maximum Gasteiger partial charge on any atom is 0.329 e. The molecule has 3 atom stereocenters. The standard InChI is InChI=1S/C23H31N3O4/c1-15(2)16-6-8-18(9-7-16)26-21(28)19(24-22(26)29)13-20(27)25-12-11-23(30)10-4-3-5-17(23)14-25/h6-9,15,17,19,30H,3-5,10-14H2,1-2H3,(H,24,29)/t17-,19+,23+/m1/s1. The van der Waals surface area contributed by atoms with E-state index in [9.17, 15) is 19.5 Å². The third-order valence-corrected chi connectivity index (χ3v) is 7.00. The molecule has 1 aliphatic carbocycles. The molecule has 0 unspecified atom stereocenters. The van der Waals surface area contributed by atoms with Crippen molar-refractivity contribution < 1.29 is 19.5 Å². The lowest BCUT2D eigenvalue weighted by atomic mass is 9.71. The van der Waals surface area contributed by atoms with Crippen LogP contribution in [-0.2, 0) is 9.59 Å². The topological polar surface area (TPSA) is 90.0 Å². The first-order chi connectivity index (χ1) is 14.3. The van der Waals surface area contributed by atoms with Crippen LogP contribution in [0.4, 0.5) is 10.5 Å². The highest BCUT2D eigenvalue weighted by atomic mass is 16.3. The summed E-state index contributed by atoms with van der Waals surface area (Å²) in [6, 6.07) is 6.03. The van der Waals surface area contributed by atoms with E-state index in [0.717, 1.165) is 36.1 Å². The minimum Gasteiger partial charge on any atom is -0.389 e. The summed E-state index contributed by atoms with van der Waals surface area (Å²) < 4.78 is 0. The third kappa shape index (κ3) is 3.83. The van der Waals surface area contributed by atoms with E-state index in [-0.39, 0.29) is 18.2 Å². The molecule has 4 rings (SSSR count). The maximum atomic E-state index is 12.9. The number of carbonyl (C=O) groups excluding carboxylic acids is 3. The number of fused-ring (bicyclic) bond motifs is 1. The summed E-state index contributed by atoms with van der Waals surface area (Å²) in [5, 5.41) is 13.5. The van der Waals surface area contributed by atoms with Gasteiger partial charge in [-0.2, -0.15) is 0 Å². The highest BCUT2D eigenvalue weighted by molar-refractivity contribution is 6.22. The molecule has 30 heavy (non-hydrogen) atoms. The number of piperidine rings is 1. The maximum absolute atomic E-state index is 12.9. The molecular formula is C23H31N3O4. The Morgan fingerprint density at radius 1 is 1.20 bits per heavy atom. The lowest BCUT2D eigenvalue weighted by molar-refractivity contribution is -0.144. The normalized spacial score (nSPS) is 29.2. The van der Waals surface area contributed by atoms with E-state index in [1.54, 1.807) is 17.0 Å². The molecule has 162 valence electrons. The molecule has 2 heterocycles. The number of hydrogen-bond acceptors (Lipinski definition) is 4. The van der Waals surface area contributed by atoms with E-state index in [1.165, 1.54) is 0 Å². The van der Waals surface area contributed by atoms with Crippen molar-refractivity contribution >= 4 is 23.5 Å². The Morgan fingerprint density at radius 2 is 1.93 bits per heavy atom. The number of anilines is 1. The first-order valence-electron chi connectivity index (χ1n) is 11.0. The number of imide groups is 1. The minimum absolute atomic E-state index is 0.0453. The molecule has 7 heteroatoms. The van der Waals surface area contributed by atoms with Gasteiger partial charge in [0.15, 0.2) is 0 Å². The van der Waals surface area contributed by atoms with Crippen molar-refractivity contribution in [2.45, 2.75) is 69.9 Å². The summed E-state index contributed by atoms with van der Waals surface area (Å²) in [6.07, 6.45) is 4.40. The van der Waals surface area contributed by atoms with Gasteiger partial charge in [-0.1, -0.05) is 38.8 Å². The van der Waals surface area contributed by atoms with Gasteiger partial charge >= 0.3 is 6.03 Å². The second-order valence-corrected chi connectivity index (χ2v) is 9.26. The fourth-order valence-electron chi connectivity index (χ4n) is 5.02. The van der Waals surface area contributed by atoms with E-state index in [2.05, 4.69) is 19.2 Å². The number of nitrogens with zero attached hydrogens (tertiary/aromatic N) is 2. The Balaban J connectivity index is 1.40. The Hall–Kier alpha value is -2.41. The number of rotatable bonds is 4. The van der Waals surface area contributed by atoms with Gasteiger partial charge in [-0.25, -0.2) is 9.69 Å². The average Bonchev–Trinajstić information content (AvgIpc) is 3.00. The van der Waals surface area contributed by atoms with Crippen molar-refractivity contribution in [1.29, 1.82) is 0 Å². The SMILES string of the molecule is CC(C)c1ccc(N2C(=O)N[C@@H](CC(=O)N3CC[C@@]4(O)CCCC[C@@H]4C3)C2=O)cc1. The zero-order valence-electron chi connectivity index (χ0n) is 17.8. The van der Waals surface area contributed by atoms with Gasteiger partial charge in [-0.05, 0) is 42.9 Å². The second-order valence-electron chi connectivity index (χ2n) is 9.26. The van der Waals surface area contributed by atoms with Gasteiger partial charge in [0.25, 0.3) is 5.91 Å². The number of amides is 4. The van der Waals surface area contributed by atoms with Crippen LogP contribution < -0.4 is 10.2 Å². The average molecular weight is 414 g/mol. The van der Waals surface area contributed by atoms with Crippen molar-refractivity contribution in [3.63, 3.8) is 0 Å². The number of urea groups is 1. The molecule has 0 aromatic heterocycles. The van der Waals surface area contributed by atoms with Crippen LogP contribution in [-0.4, -0.2) is 52.6 Å². The largest absolute Gasteiger partial charge is 0.389 e. The number of likely N-dealkylation sites (tertiary alicyclic amines) is 1. The Morgan fingerprint density at radius 3 is 2.63 bits per heavy atom. The van der Waals surface area contributed by atoms with E-state index >= 15 is 0 Å². The Labute approximate surface area is 177 Å². The first-order valence-corrected chi connectivity index (χ1v) is 11.0. The van der Waals surface area contributed by atoms with Gasteiger partial charge in [0, 0.05) is 19.0 Å². The van der Waals surface area contributed by atoms with E-state index in [1.807, 2.05) is 12.1 Å². The summed E-state index contributed by atoms with van der Waals surface area (Å²) >= 11 is 0. The van der Waals surface area contributed by atoms with Crippen molar-refractivity contribution in [2.75, 3.05) is 18.0 Å². The summed E-state index contributed by atoms with van der Waals surface area (Å²) in [7, 11) is 0. The minimum atomic E-state index is -0.845. The highest BCUT2D eigenvalue weighted by Crippen LogP contribution is 2.40. The number of nitrogens with one attached hydrogen (secondary N) is 1. The van der Waals surface area contributed by atoms with E-state index in [0.29, 0.717) is 31.1 Å². The summed E-state index contributed by atoms with van der Waals surface area (Å²) in [5.41, 5.74) is 0.998. The fourth-order valence-corrected chi connectivity index (χ4v) is 5.02. The van der Waals surface area contributed by atoms with Gasteiger partial charge in [-0.3, -0.25) is 9.59 Å². The molecule has 7 nitrogen and oxygen atoms in total. The quantitative estimate of drug-likeness (QED) is 0.743. The molecule has 0 spiro atoms. The molecule has 1 saturated carbocycles. The van der Waals surface area contributed by atoms with Crippen molar-refractivity contribution in [3.05, 3.63) is 29.8 Å². The van der Waals surface area contributed by atoms with E-state index in [4.69, 9.17) is 0 Å². The molecule has 3 aliphatic rings. The van der Waals surface area contributed by atoms with Crippen molar-refractivity contribution in [2.24, 2.45) is 5.92 Å². The summed E-state index contributed by atoms with van der Waals surface area (Å²) in [5.74, 6) is -0.0669. The van der Waals surface area contributed by atoms with E-state index < -0.39 is 23.6 Å². The molecule has 0 bridgehead atoms. The lowest BCUT2D eigenvalue weighted by Gasteiger charge is -2.47. The first kappa shape index (κ1) is 20.8.